The highest BCUT2D eigenvalue weighted by Gasteiger charge is 2.36. The van der Waals surface area contributed by atoms with Crippen molar-refractivity contribution in [3.8, 4) is 0 Å². The fourth-order valence-corrected chi connectivity index (χ4v) is 5.73. The Balaban J connectivity index is 2.06. The molecule has 0 aliphatic heterocycles. The van der Waals surface area contributed by atoms with Crippen LogP contribution in [0.5, 0.6) is 0 Å². The molecule has 5 nitrogen and oxygen atoms in total. The molecular weight excluding hydrogens is 442 g/mol. The SMILES string of the molecule is CCOCn1cc(C(O[Si](c2ccccc2)c2ccccc2)C(C)(C)C)nc1C(=O)C(F)F. The normalized spacial score (nSPS) is 13.0. The minimum atomic E-state index is -3.15. The van der Waals surface area contributed by atoms with E-state index in [-0.39, 0.29) is 12.6 Å². The molecule has 3 rings (SSSR count). The first-order valence-electron chi connectivity index (χ1n) is 10.8. The number of nitrogens with zero attached hydrogens (tertiary/aromatic N) is 2. The number of benzene rings is 2. The molecule has 175 valence electrons. The smallest absolute Gasteiger partial charge is 0.303 e. The van der Waals surface area contributed by atoms with Crippen LogP contribution in [0.25, 0.3) is 0 Å². The number of aromatic nitrogens is 2. The highest BCUT2D eigenvalue weighted by atomic mass is 28.3. The lowest BCUT2D eigenvalue weighted by atomic mass is 9.87. The van der Waals surface area contributed by atoms with Crippen LogP contribution in [-0.2, 0) is 15.9 Å². The number of carbonyl (C=O) groups excluding carboxylic acids is 1. The average Bonchev–Trinajstić information content (AvgIpc) is 3.21. The molecule has 0 N–H and O–H groups in total. The van der Waals surface area contributed by atoms with E-state index in [2.05, 4.69) is 4.98 Å². The maximum atomic E-state index is 13.2. The molecule has 0 aliphatic rings. The maximum absolute atomic E-state index is 13.2. The van der Waals surface area contributed by atoms with Crippen LogP contribution in [0.1, 0.15) is 50.1 Å². The number of halogens is 2. The summed E-state index contributed by atoms with van der Waals surface area (Å²) in [6.07, 6.45) is -2.10. The van der Waals surface area contributed by atoms with Crippen molar-refractivity contribution < 1.29 is 22.7 Å². The Bertz CT molecular complexity index is 997. The fraction of sp³-hybridized carbons (Fsp3) is 0.360. The van der Waals surface area contributed by atoms with Crippen molar-refractivity contribution in [2.45, 2.75) is 47.0 Å². The zero-order chi connectivity index (χ0) is 24.0. The third-order valence-corrected chi connectivity index (χ3v) is 7.20. The Morgan fingerprint density at radius 3 is 2.03 bits per heavy atom. The van der Waals surface area contributed by atoms with E-state index in [1.165, 1.54) is 4.57 Å². The second kappa shape index (κ2) is 11.0. The molecule has 0 fully saturated rings. The van der Waals surface area contributed by atoms with Gasteiger partial charge in [0, 0.05) is 12.8 Å². The highest BCUT2D eigenvalue weighted by molar-refractivity contribution is 6.80. The first-order valence-corrected chi connectivity index (χ1v) is 12.2. The number of ketones is 1. The van der Waals surface area contributed by atoms with Gasteiger partial charge in [0.1, 0.15) is 6.73 Å². The van der Waals surface area contributed by atoms with E-state index < -0.39 is 32.8 Å². The fourth-order valence-electron chi connectivity index (χ4n) is 3.43. The predicted molar refractivity (Wildman–Crippen MR) is 125 cm³/mol. The van der Waals surface area contributed by atoms with Crippen molar-refractivity contribution in [2.75, 3.05) is 6.61 Å². The Morgan fingerprint density at radius 2 is 1.58 bits per heavy atom. The topological polar surface area (TPSA) is 53.4 Å². The largest absolute Gasteiger partial charge is 0.398 e. The summed E-state index contributed by atoms with van der Waals surface area (Å²) in [5.41, 5.74) is 0.00987. The number of alkyl halides is 2. The Morgan fingerprint density at radius 1 is 1.03 bits per heavy atom. The van der Waals surface area contributed by atoms with Gasteiger partial charge in [-0.1, -0.05) is 81.4 Å². The van der Waals surface area contributed by atoms with Gasteiger partial charge >= 0.3 is 6.43 Å². The molecule has 2 aromatic carbocycles. The Labute approximate surface area is 195 Å². The molecule has 1 aromatic heterocycles. The minimum absolute atomic E-state index is 0.0384. The molecule has 0 spiro atoms. The van der Waals surface area contributed by atoms with E-state index in [1.54, 1.807) is 13.1 Å². The van der Waals surface area contributed by atoms with Crippen molar-refractivity contribution in [3.63, 3.8) is 0 Å². The number of imidazole rings is 1. The molecular formula is C25H29F2N2O3Si. The molecule has 1 radical (unpaired) electrons. The first-order chi connectivity index (χ1) is 15.7. The van der Waals surface area contributed by atoms with Crippen LogP contribution < -0.4 is 10.4 Å². The van der Waals surface area contributed by atoms with Crippen LogP contribution in [-0.4, -0.2) is 37.4 Å². The third-order valence-electron chi connectivity index (χ3n) is 5.01. The quantitative estimate of drug-likeness (QED) is 0.328. The lowest BCUT2D eigenvalue weighted by Crippen LogP contribution is -2.47. The Kier molecular flexibility index (Phi) is 8.28. The van der Waals surface area contributed by atoms with E-state index in [0.717, 1.165) is 10.4 Å². The van der Waals surface area contributed by atoms with Gasteiger partial charge in [0.2, 0.25) is 0 Å². The van der Waals surface area contributed by atoms with Crippen LogP contribution in [0.15, 0.2) is 66.9 Å². The molecule has 1 heterocycles. The molecule has 0 bridgehead atoms. The van der Waals surface area contributed by atoms with Crippen LogP contribution in [0.4, 0.5) is 8.78 Å². The molecule has 0 saturated carbocycles. The summed E-state index contributed by atoms with van der Waals surface area (Å²) in [6.45, 7) is 8.14. The predicted octanol–water partition coefficient (Wildman–Crippen LogP) is 4.23. The van der Waals surface area contributed by atoms with Gasteiger partial charge in [0.25, 0.3) is 14.8 Å². The lowest BCUT2D eigenvalue weighted by molar-refractivity contribution is 0.0609. The summed E-state index contributed by atoms with van der Waals surface area (Å²) in [4.78, 5) is 16.5. The zero-order valence-corrected chi connectivity index (χ0v) is 20.3. The van der Waals surface area contributed by atoms with E-state index in [9.17, 15) is 13.6 Å². The number of hydrogen-bond donors (Lipinski definition) is 0. The second-order valence-electron chi connectivity index (χ2n) is 8.67. The summed E-state index contributed by atoms with van der Waals surface area (Å²) in [5, 5.41) is 2.11. The molecule has 8 heteroatoms. The number of hydrogen-bond acceptors (Lipinski definition) is 4. The summed E-state index contributed by atoms with van der Waals surface area (Å²) in [5.74, 6) is -1.65. The van der Waals surface area contributed by atoms with E-state index in [4.69, 9.17) is 9.16 Å². The molecule has 0 amide bonds. The lowest BCUT2D eigenvalue weighted by Gasteiger charge is -2.33. The van der Waals surface area contributed by atoms with E-state index in [0.29, 0.717) is 12.3 Å². The van der Waals surface area contributed by atoms with Crippen LogP contribution in [0, 0.1) is 5.41 Å². The number of ether oxygens (including phenoxy) is 1. The zero-order valence-electron chi connectivity index (χ0n) is 19.3. The standard InChI is InChI=1S/C25H29F2N2O3Si/c1-5-31-17-29-16-20(28-24(29)21(30)23(26)27)22(25(2,3)4)32-33(18-12-8-6-9-13-18)19-14-10-7-11-15-19/h6-16,22-23H,5,17H2,1-4H3. The van der Waals surface area contributed by atoms with Gasteiger partial charge in [-0.05, 0) is 22.7 Å². The number of Topliss-reactive ketones (excluding diaryl/α,β-unsaturated/α-hetero) is 1. The van der Waals surface area contributed by atoms with Gasteiger partial charge in [-0.3, -0.25) is 4.79 Å². The molecule has 0 saturated heterocycles. The van der Waals surface area contributed by atoms with Crippen LogP contribution in [0.3, 0.4) is 0 Å². The van der Waals surface area contributed by atoms with Crippen molar-refractivity contribution in [1.29, 1.82) is 0 Å². The Hall–Kier alpha value is -2.68. The second-order valence-corrected chi connectivity index (χ2v) is 10.7. The molecule has 33 heavy (non-hydrogen) atoms. The monoisotopic (exact) mass is 471 g/mol. The number of carbonyl (C=O) groups is 1. The first kappa shape index (κ1) is 24.9. The summed E-state index contributed by atoms with van der Waals surface area (Å²) >= 11 is 0. The van der Waals surface area contributed by atoms with Gasteiger partial charge in [0.15, 0.2) is 5.82 Å². The molecule has 3 aromatic rings. The summed E-state index contributed by atoms with van der Waals surface area (Å²) in [6, 6.07) is 19.9. The van der Waals surface area contributed by atoms with Crippen LogP contribution in [0.2, 0.25) is 0 Å². The van der Waals surface area contributed by atoms with Gasteiger partial charge in [-0.15, -0.1) is 0 Å². The highest BCUT2D eigenvalue weighted by Crippen LogP contribution is 2.36. The third kappa shape index (κ3) is 6.22. The summed E-state index contributed by atoms with van der Waals surface area (Å²) in [7, 11) is -1.70. The molecule has 1 atom stereocenters. The van der Waals surface area contributed by atoms with Gasteiger partial charge in [-0.25, -0.2) is 13.8 Å². The molecule has 1 unspecified atom stereocenters. The van der Waals surface area contributed by atoms with E-state index >= 15 is 0 Å². The van der Waals surface area contributed by atoms with Gasteiger partial charge in [0.05, 0.1) is 11.8 Å². The van der Waals surface area contributed by atoms with Crippen molar-refractivity contribution in [1.82, 2.24) is 9.55 Å². The van der Waals surface area contributed by atoms with E-state index in [1.807, 2.05) is 81.4 Å². The average molecular weight is 472 g/mol. The molecule has 0 aliphatic carbocycles. The van der Waals surface area contributed by atoms with Crippen molar-refractivity contribution in [3.05, 3.63) is 78.4 Å². The van der Waals surface area contributed by atoms with Gasteiger partial charge < -0.3 is 13.7 Å². The van der Waals surface area contributed by atoms with Gasteiger partial charge in [-0.2, -0.15) is 0 Å². The minimum Gasteiger partial charge on any atom is -0.398 e. The summed E-state index contributed by atoms with van der Waals surface area (Å²) < 4.78 is 40.0. The maximum Gasteiger partial charge on any atom is 0.303 e. The number of rotatable bonds is 10. The van der Waals surface area contributed by atoms with Crippen molar-refractivity contribution in [2.24, 2.45) is 5.41 Å². The van der Waals surface area contributed by atoms with Crippen molar-refractivity contribution >= 4 is 25.2 Å². The van der Waals surface area contributed by atoms with Crippen LogP contribution >= 0.6 is 0 Å².